The van der Waals surface area contributed by atoms with Crippen LogP contribution in [0.2, 0.25) is 0 Å². The van der Waals surface area contributed by atoms with Gasteiger partial charge in [0.05, 0.1) is 5.75 Å². The van der Waals surface area contributed by atoms with Gasteiger partial charge in [-0.05, 0) is 6.42 Å². The lowest BCUT2D eigenvalue weighted by Crippen LogP contribution is -2.40. The highest BCUT2D eigenvalue weighted by molar-refractivity contribution is 7.89. The number of rotatable bonds is 6. The van der Waals surface area contributed by atoms with E-state index in [0.717, 1.165) is 0 Å². The molecule has 0 amide bonds. The van der Waals surface area contributed by atoms with Crippen LogP contribution in [0.1, 0.15) is 13.3 Å². The smallest absolute Gasteiger partial charge is 0.212 e. The molecular weight excluding hydrogens is 255 g/mol. The molecule has 15 heavy (non-hydrogen) atoms. The number of hydrogen-bond donors (Lipinski definition) is 0. The minimum atomic E-state index is -4.51. The first-order valence-electron chi connectivity index (χ1n) is 4.33. The number of halogens is 4. The molecule has 0 N–H and O–H groups in total. The van der Waals surface area contributed by atoms with Crippen molar-refractivity contribution in [2.45, 2.75) is 19.5 Å². The van der Waals surface area contributed by atoms with Crippen LogP contribution in [0.15, 0.2) is 0 Å². The molecule has 0 aliphatic carbocycles. The van der Waals surface area contributed by atoms with Crippen LogP contribution in [-0.2, 0) is 10.0 Å². The molecule has 92 valence electrons. The first kappa shape index (κ1) is 15.0. The van der Waals surface area contributed by atoms with Crippen LogP contribution < -0.4 is 0 Å². The Morgan fingerprint density at radius 1 is 1.33 bits per heavy atom. The zero-order valence-corrected chi connectivity index (χ0v) is 9.79. The molecule has 0 aliphatic rings. The van der Waals surface area contributed by atoms with Gasteiger partial charge in [0.15, 0.2) is 0 Å². The third-order valence-electron chi connectivity index (χ3n) is 1.64. The van der Waals surface area contributed by atoms with Gasteiger partial charge in [-0.1, -0.05) is 6.92 Å². The summed E-state index contributed by atoms with van der Waals surface area (Å²) in [5.41, 5.74) is 0. The predicted molar refractivity (Wildman–Crippen MR) is 52.4 cm³/mol. The van der Waals surface area contributed by atoms with Gasteiger partial charge in [-0.15, -0.1) is 11.6 Å². The molecule has 0 aliphatic heterocycles. The molecule has 0 rings (SSSR count). The van der Waals surface area contributed by atoms with Crippen LogP contribution in [-0.4, -0.2) is 43.6 Å². The summed E-state index contributed by atoms with van der Waals surface area (Å²) in [5.74, 6) is -0.233. The average Bonchev–Trinajstić information content (AvgIpc) is 2.09. The number of nitrogens with zero attached hydrogens (tertiary/aromatic N) is 1. The third kappa shape index (κ3) is 6.21. The van der Waals surface area contributed by atoms with Gasteiger partial charge in [0.1, 0.15) is 6.54 Å². The van der Waals surface area contributed by atoms with Crippen molar-refractivity contribution in [3.05, 3.63) is 0 Å². The predicted octanol–water partition coefficient (Wildman–Crippen LogP) is 1.83. The van der Waals surface area contributed by atoms with Crippen LogP contribution in [0.3, 0.4) is 0 Å². The minimum Gasteiger partial charge on any atom is -0.212 e. The molecule has 0 saturated carbocycles. The summed E-state index contributed by atoms with van der Waals surface area (Å²) in [6.45, 7) is -0.262. The first-order chi connectivity index (χ1) is 6.73. The van der Waals surface area contributed by atoms with Gasteiger partial charge in [-0.3, -0.25) is 0 Å². The molecular formula is C7H13ClF3NO2S. The second kappa shape index (κ2) is 5.91. The number of hydrogen-bond acceptors (Lipinski definition) is 2. The van der Waals surface area contributed by atoms with Crippen molar-refractivity contribution in [3.63, 3.8) is 0 Å². The molecule has 0 spiro atoms. The highest BCUT2D eigenvalue weighted by atomic mass is 35.5. The first-order valence-corrected chi connectivity index (χ1v) is 6.48. The highest BCUT2D eigenvalue weighted by Crippen LogP contribution is 2.18. The molecule has 0 unspecified atom stereocenters. The van der Waals surface area contributed by atoms with Crippen molar-refractivity contribution < 1.29 is 21.6 Å². The van der Waals surface area contributed by atoms with Crippen LogP contribution in [0.4, 0.5) is 13.2 Å². The highest BCUT2D eigenvalue weighted by Gasteiger charge is 2.34. The van der Waals surface area contributed by atoms with Gasteiger partial charge in [0.2, 0.25) is 10.0 Å². The summed E-state index contributed by atoms with van der Waals surface area (Å²) in [6, 6.07) is 0. The Labute approximate surface area is 92.2 Å². The number of alkyl halides is 4. The van der Waals surface area contributed by atoms with E-state index in [1.807, 2.05) is 0 Å². The van der Waals surface area contributed by atoms with Crippen molar-refractivity contribution in [1.82, 2.24) is 4.31 Å². The summed E-state index contributed by atoms with van der Waals surface area (Å²) in [4.78, 5) is 0. The van der Waals surface area contributed by atoms with E-state index < -0.39 is 22.7 Å². The normalized spacial score (nSPS) is 13.5. The Morgan fingerprint density at radius 3 is 2.20 bits per heavy atom. The van der Waals surface area contributed by atoms with E-state index in [-0.39, 0.29) is 24.6 Å². The minimum absolute atomic E-state index is 0.114. The Kier molecular flexibility index (Phi) is 5.90. The van der Waals surface area contributed by atoms with Crippen LogP contribution in [0, 0.1) is 0 Å². The van der Waals surface area contributed by atoms with Crippen LogP contribution in [0.25, 0.3) is 0 Å². The van der Waals surface area contributed by atoms with Crippen LogP contribution >= 0.6 is 11.6 Å². The quantitative estimate of drug-likeness (QED) is 0.689. The lowest BCUT2D eigenvalue weighted by molar-refractivity contribution is -0.135. The maximum Gasteiger partial charge on any atom is 0.402 e. The zero-order chi connectivity index (χ0) is 12.1. The fourth-order valence-electron chi connectivity index (χ4n) is 0.973. The molecule has 0 aromatic heterocycles. The fourth-order valence-corrected chi connectivity index (χ4v) is 2.77. The Hall–Kier alpha value is -0.0100. The molecule has 0 radical (unpaired) electrons. The summed E-state index contributed by atoms with van der Waals surface area (Å²) in [6.07, 6.45) is -4.36. The fraction of sp³-hybridized carbons (Fsp3) is 1.00. The second-order valence-electron chi connectivity index (χ2n) is 2.90. The second-order valence-corrected chi connectivity index (χ2v) is 5.37. The summed E-state index contributed by atoms with van der Waals surface area (Å²) >= 11 is 5.28. The van der Waals surface area contributed by atoms with Gasteiger partial charge in [0, 0.05) is 12.4 Å². The van der Waals surface area contributed by atoms with E-state index in [2.05, 4.69) is 0 Å². The molecule has 3 nitrogen and oxygen atoms in total. The van der Waals surface area contributed by atoms with Crippen molar-refractivity contribution in [2.24, 2.45) is 0 Å². The lowest BCUT2D eigenvalue weighted by atomic mass is 10.6. The van der Waals surface area contributed by atoms with Gasteiger partial charge < -0.3 is 0 Å². The van der Waals surface area contributed by atoms with Gasteiger partial charge in [0.25, 0.3) is 0 Å². The molecule has 0 fully saturated rings. The van der Waals surface area contributed by atoms with E-state index in [1.54, 1.807) is 0 Å². The Morgan fingerprint density at radius 2 is 1.87 bits per heavy atom. The van der Waals surface area contributed by atoms with Crippen molar-refractivity contribution >= 4 is 21.6 Å². The number of sulfonamides is 1. The summed E-state index contributed by atoms with van der Waals surface area (Å²) in [5, 5.41) is 0. The lowest BCUT2D eigenvalue weighted by Gasteiger charge is -2.21. The van der Waals surface area contributed by atoms with E-state index >= 15 is 0 Å². The maximum absolute atomic E-state index is 12.0. The van der Waals surface area contributed by atoms with Gasteiger partial charge in [-0.25, -0.2) is 8.42 Å². The van der Waals surface area contributed by atoms with Gasteiger partial charge in [-0.2, -0.15) is 17.5 Å². The van der Waals surface area contributed by atoms with E-state index in [1.165, 1.54) is 6.92 Å². The SMILES string of the molecule is CCN(CC(F)(F)F)S(=O)(=O)CCCCl. The monoisotopic (exact) mass is 267 g/mol. The molecule has 8 heteroatoms. The Balaban J connectivity index is 4.52. The van der Waals surface area contributed by atoms with E-state index in [0.29, 0.717) is 4.31 Å². The summed E-state index contributed by atoms with van der Waals surface area (Å²) in [7, 11) is -3.84. The molecule has 0 aromatic rings. The topological polar surface area (TPSA) is 37.4 Å². The van der Waals surface area contributed by atoms with Crippen LogP contribution in [0.5, 0.6) is 0 Å². The molecule has 0 aromatic carbocycles. The maximum atomic E-state index is 12.0. The average molecular weight is 268 g/mol. The van der Waals surface area contributed by atoms with Crippen molar-refractivity contribution in [2.75, 3.05) is 24.7 Å². The summed E-state index contributed by atoms with van der Waals surface area (Å²) < 4.78 is 59.2. The Bertz CT molecular complexity index is 278. The van der Waals surface area contributed by atoms with Gasteiger partial charge >= 0.3 is 6.18 Å². The van der Waals surface area contributed by atoms with E-state index in [4.69, 9.17) is 11.6 Å². The van der Waals surface area contributed by atoms with Crippen molar-refractivity contribution in [1.29, 1.82) is 0 Å². The standard InChI is InChI=1S/C7H13ClF3NO2S/c1-2-12(6-7(9,10)11)15(13,14)5-3-4-8/h2-6H2,1H3. The molecule has 0 heterocycles. The third-order valence-corrected chi connectivity index (χ3v) is 3.88. The molecule has 0 bridgehead atoms. The van der Waals surface area contributed by atoms with Crippen molar-refractivity contribution in [3.8, 4) is 0 Å². The zero-order valence-electron chi connectivity index (χ0n) is 8.22. The largest absolute Gasteiger partial charge is 0.402 e. The van der Waals surface area contributed by atoms with E-state index in [9.17, 15) is 21.6 Å². The molecule has 0 atom stereocenters. The molecule has 0 saturated heterocycles.